The van der Waals surface area contributed by atoms with Gasteiger partial charge in [0.25, 0.3) is 0 Å². The minimum absolute atomic E-state index is 0.0351. The van der Waals surface area contributed by atoms with E-state index in [0.717, 1.165) is 5.56 Å². The van der Waals surface area contributed by atoms with Gasteiger partial charge in [-0.05, 0) is 68.7 Å². The van der Waals surface area contributed by atoms with Gasteiger partial charge in [-0.25, -0.2) is 19.2 Å². The van der Waals surface area contributed by atoms with Crippen LogP contribution in [0.2, 0.25) is 0 Å². The number of benzene rings is 3. The maximum atomic E-state index is 12.9. The van der Waals surface area contributed by atoms with Gasteiger partial charge in [0.2, 0.25) is 5.91 Å². The summed E-state index contributed by atoms with van der Waals surface area (Å²) in [6.07, 6.45) is -1.40. The Morgan fingerprint density at radius 1 is 0.760 bits per heavy atom. The van der Waals surface area contributed by atoms with E-state index in [1.54, 1.807) is 88.4 Å². The summed E-state index contributed by atoms with van der Waals surface area (Å²) in [6.45, 7) is 6.63. The molecule has 3 rings (SSSR count). The predicted octanol–water partition coefficient (Wildman–Crippen LogP) is 5.50. The Labute approximate surface area is 299 Å². The lowest BCUT2D eigenvalue weighted by atomic mass is 10.1. The maximum Gasteiger partial charge on any atom is 0.408 e. The topological polar surface area (TPSA) is 168 Å². The highest BCUT2D eigenvalue weighted by molar-refractivity contribution is 9.09. The third-order valence-electron chi connectivity index (χ3n) is 6.52. The van der Waals surface area contributed by atoms with Crippen LogP contribution in [0.3, 0.4) is 0 Å². The average Bonchev–Trinajstić information content (AvgIpc) is 3.08. The van der Waals surface area contributed by atoms with Gasteiger partial charge in [0.1, 0.15) is 42.9 Å². The Kier molecular flexibility index (Phi) is 15.6. The summed E-state index contributed by atoms with van der Waals surface area (Å²) in [6, 6.07) is 20.3. The number of alkyl halides is 1. The maximum absolute atomic E-state index is 12.9. The number of amides is 3. The molecule has 0 bridgehead atoms. The quantitative estimate of drug-likeness (QED) is 0.0965. The van der Waals surface area contributed by atoms with Crippen molar-refractivity contribution in [3.05, 3.63) is 95.6 Å². The fourth-order valence-corrected chi connectivity index (χ4v) is 4.51. The molecule has 0 saturated carbocycles. The minimum Gasteiger partial charge on any atom is -0.464 e. The van der Waals surface area contributed by atoms with Crippen molar-refractivity contribution in [1.29, 1.82) is 0 Å². The minimum atomic E-state index is -1.19. The van der Waals surface area contributed by atoms with E-state index in [4.69, 9.17) is 23.7 Å². The van der Waals surface area contributed by atoms with Crippen LogP contribution >= 0.6 is 15.9 Å². The van der Waals surface area contributed by atoms with E-state index in [2.05, 4.69) is 31.9 Å². The number of nitrogens with one attached hydrogen (secondary N) is 3. The fraction of sp³-hybridized carbons (Fsp3) is 0.361. The molecule has 3 amide bonds. The molecule has 0 aliphatic carbocycles. The van der Waals surface area contributed by atoms with Crippen molar-refractivity contribution in [3.63, 3.8) is 0 Å². The van der Waals surface area contributed by atoms with Crippen molar-refractivity contribution in [2.24, 2.45) is 0 Å². The highest BCUT2D eigenvalue weighted by atomic mass is 79.9. The second kappa shape index (κ2) is 19.8. The molecular weight excluding hydrogens is 714 g/mol. The summed E-state index contributed by atoms with van der Waals surface area (Å²) < 4.78 is 26.9. The first-order valence-electron chi connectivity index (χ1n) is 15.9. The second-order valence-corrected chi connectivity index (χ2v) is 12.5. The van der Waals surface area contributed by atoms with Gasteiger partial charge in [0, 0.05) is 11.8 Å². The van der Waals surface area contributed by atoms with Crippen LogP contribution in [-0.4, -0.2) is 66.8 Å². The van der Waals surface area contributed by atoms with E-state index in [1.807, 2.05) is 18.2 Å². The predicted molar refractivity (Wildman–Crippen MR) is 187 cm³/mol. The molecule has 0 spiro atoms. The largest absolute Gasteiger partial charge is 0.464 e. The van der Waals surface area contributed by atoms with Crippen LogP contribution in [0.5, 0.6) is 11.5 Å². The van der Waals surface area contributed by atoms with Gasteiger partial charge < -0.3 is 39.6 Å². The molecule has 0 radical (unpaired) electrons. The molecule has 3 aromatic rings. The zero-order valence-electron chi connectivity index (χ0n) is 28.4. The average molecular weight is 757 g/mol. The smallest absolute Gasteiger partial charge is 0.408 e. The van der Waals surface area contributed by atoms with Crippen molar-refractivity contribution >= 4 is 46.0 Å². The lowest BCUT2D eigenvalue weighted by molar-refractivity contribution is -0.147. The molecule has 0 saturated heterocycles. The fourth-order valence-electron chi connectivity index (χ4n) is 4.35. The lowest BCUT2D eigenvalue weighted by Gasteiger charge is -2.23. The summed E-state index contributed by atoms with van der Waals surface area (Å²) in [5.74, 6) is -1.13. The molecular formula is C36H42BrN3O10. The zero-order valence-corrected chi connectivity index (χ0v) is 29.9. The number of hydrogen-bond donors (Lipinski definition) is 3. The summed E-state index contributed by atoms with van der Waals surface area (Å²) >= 11 is 3.22. The van der Waals surface area contributed by atoms with Crippen LogP contribution in [0, 0.1) is 0 Å². The summed E-state index contributed by atoms with van der Waals surface area (Å²) in [5, 5.41) is 7.99. The molecule has 0 aliphatic rings. The van der Waals surface area contributed by atoms with Gasteiger partial charge in [-0.15, -0.1) is 0 Å². The molecule has 2 atom stereocenters. The Morgan fingerprint density at radius 2 is 1.48 bits per heavy atom. The standard InChI is InChI=1S/C36H42BrN3O10/c1-5-46-33(43)31(40-30(41)22-38-34(44)48-23-25-10-7-6-8-11-25)26-12-9-13-28(21-26)49-27-16-14-24(15-17-27)20-29(32(42)47-19-18-37)39-35(45)50-36(2,3)4/h6-17,21,29,31H,5,18-20,22-23H2,1-4H3,(H,38,44)(H,39,45)(H,40,41)/t29-,31-/m1/s1. The third kappa shape index (κ3) is 14.2. The van der Waals surface area contributed by atoms with Crippen molar-refractivity contribution < 1.29 is 47.7 Å². The summed E-state index contributed by atoms with van der Waals surface area (Å²) in [5.41, 5.74) is 1.14. The normalized spacial score (nSPS) is 12.0. The van der Waals surface area contributed by atoms with Crippen LogP contribution in [-0.2, 0) is 46.4 Å². The van der Waals surface area contributed by atoms with Crippen molar-refractivity contribution in [2.45, 2.75) is 58.4 Å². The van der Waals surface area contributed by atoms with Crippen molar-refractivity contribution in [3.8, 4) is 11.5 Å². The summed E-state index contributed by atoms with van der Waals surface area (Å²) in [7, 11) is 0. The number of hydrogen-bond acceptors (Lipinski definition) is 10. The van der Waals surface area contributed by atoms with Crippen LogP contribution in [0.15, 0.2) is 78.9 Å². The number of rotatable bonds is 16. The molecule has 50 heavy (non-hydrogen) atoms. The van der Waals surface area contributed by atoms with Gasteiger partial charge in [0.05, 0.1) is 6.61 Å². The molecule has 0 unspecified atom stereocenters. The van der Waals surface area contributed by atoms with E-state index < -0.39 is 54.3 Å². The third-order valence-corrected chi connectivity index (χ3v) is 6.84. The molecule has 3 N–H and O–H groups in total. The van der Waals surface area contributed by atoms with Crippen molar-refractivity contribution in [2.75, 3.05) is 25.1 Å². The van der Waals surface area contributed by atoms with E-state index >= 15 is 0 Å². The Hall–Kier alpha value is -5.11. The summed E-state index contributed by atoms with van der Waals surface area (Å²) in [4.78, 5) is 62.8. The highest BCUT2D eigenvalue weighted by Crippen LogP contribution is 2.26. The van der Waals surface area contributed by atoms with E-state index in [1.165, 1.54) is 0 Å². The van der Waals surface area contributed by atoms with E-state index in [0.29, 0.717) is 28.0 Å². The van der Waals surface area contributed by atoms with Crippen LogP contribution in [0.25, 0.3) is 0 Å². The van der Waals surface area contributed by atoms with Crippen molar-refractivity contribution in [1.82, 2.24) is 16.0 Å². The molecule has 0 aromatic heterocycles. The van der Waals surface area contributed by atoms with Gasteiger partial charge in [-0.1, -0.05) is 70.5 Å². The van der Waals surface area contributed by atoms with E-state index in [-0.39, 0.29) is 26.2 Å². The van der Waals surface area contributed by atoms with Crippen LogP contribution in [0.1, 0.15) is 50.4 Å². The molecule has 13 nitrogen and oxygen atoms in total. The monoisotopic (exact) mass is 755 g/mol. The second-order valence-electron chi connectivity index (χ2n) is 11.7. The number of esters is 2. The molecule has 268 valence electrons. The first-order valence-corrected chi connectivity index (χ1v) is 17.0. The van der Waals surface area contributed by atoms with Gasteiger partial charge >= 0.3 is 24.1 Å². The molecule has 0 aliphatic heterocycles. The Morgan fingerprint density at radius 3 is 2.14 bits per heavy atom. The first-order chi connectivity index (χ1) is 23.9. The molecule has 14 heteroatoms. The van der Waals surface area contributed by atoms with Crippen LogP contribution in [0.4, 0.5) is 9.59 Å². The Balaban J connectivity index is 1.64. The number of alkyl carbamates (subject to hydrolysis) is 2. The number of carbonyl (C=O) groups excluding carboxylic acids is 5. The molecule has 3 aromatic carbocycles. The number of carbonyl (C=O) groups is 5. The zero-order chi connectivity index (χ0) is 36.5. The van der Waals surface area contributed by atoms with Gasteiger partial charge in [-0.3, -0.25) is 4.79 Å². The molecule has 0 fully saturated rings. The van der Waals surface area contributed by atoms with Gasteiger partial charge in [-0.2, -0.15) is 0 Å². The number of halogens is 1. The van der Waals surface area contributed by atoms with Gasteiger partial charge in [0.15, 0.2) is 6.04 Å². The first kappa shape index (κ1) is 39.3. The van der Waals surface area contributed by atoms with E-state index in [9.17, 15) is 24.0 Å². The molecule has 0 heterocycles. The highest BCUT2D eigenvalue weighted by Gasteiger charge is 2.27. The lowest BCUT2D eigenvalue weighted by Crippen LogP contribution is -2.45. The Bertz CT molecular complexity index is 1580. The SMILES string of the molecule is CCOC(=O)[C@H](NC(=O)CNC(=O)OCc1ccccc1)c1cccc(Oc2ccc(C[C@@H](NC(=O)OC(C)(C)C)C(=O)OCCBr)cc2)c1. The van der Waals surface area contributed by atoms with Crippen LogP contribution < -0.4 is 20.7 Å². The number of ether oxygens (including phenoxy) is 5.